The molecule has 1 N–H and O–H groups in total. The lowest BCUT2D eigenvalue weighted by molar-refractivity contribution is -0.122. The highest BCUT2D eigenvalue weighted by Crippen LogP contribution is 2.16. The minimum absolute atomic E-state index is 0.0202. The standard InChI is InChI=1S/C15H21N3O2/c1-3-8-17-15(19)12-18(2)9-10-20-14-7-5-4-6-13(14)11-16/h4-7H,3,8-10,12H2,1-2H3,(H,17,19). The molecule has 5 nitrogen and oxygen atoms in total. The first-order valence-electron chi connectivity index (χ1n) is 6.74. The second-order valence-corrected chi connectivity index (χ2v) is 4.54. The van der Waals surface area contributed by atoms with Gasteiger partial charge in [0.05, 0.1) is 12.1 Å². The van der Waals surface area contributed by atoms with Gasteiger partial charge in [-0.15, -0.1) is 0 Å². The average Bonchev–Trinajstić information content (AvgIpc) is 2.45. The summed E-state index contributed by atoms with van der Waals surface area (Å²) >= 11 is 0. The van der Waals surface area contributed by atoms with Gasteiger partial charge in [0.15, 0.2) is 0 Å². The Bertz CT molecular complexity index is 468. The van der Waals surface area contributed by atoms with Crippen molar-refractivity contribution in [1.29, 1.82) is 5.26 Å². The zero-order chi connectivity index (χ0) is 14.8. The number of rotatable bonds is 8. The van der Waals surface area contributed by atoms with Crippen LogP contribution in [0.1, 0.15) is 18.9 Å². The highest BCUT2D eigenvalue weighted by Gasteiger charge is 2.06. The summed E-state index contributed by atoms with van der Waals surface area (Å²) in [5.41, 5.74) is 0.524. The van der Waals surface area contributed by atoms with E-state index < -0.39 is 0 Å². The first kappa shape index (κ1) is 16.0. The largest absolute Gasteiger partial charge is 0.491 e. The molecule has 0 fully saturated rings. The number of para-hydroxylation sites is 1. The van der Waals surface area contributed by atoms with E-state index >= 15 is 0 Å². The van der Waals surface area contributed by atoms with Crippen molar-refractivity contribution < 1.29 is 9.53 Å². The SMILES string of the molecule is CCCNC(=O)CN(C)CCOc1ccccc1C#N. The lowest BCUT2D eigenvalue weighted by Crippen LogP contribution is -2.37. The third kappa shape index (κ3) is 5.72. The van der Waals surface area contributed by atoms with Crippen molar-refractivity contribution in [3.05, 3.63) is 29.8 Å². The van der Waals surface area contributed by atoms with E-state index in [1.807, 2.05) is 24.9 Å². The fourth-order valence-corrected chi connectivity index (χ4v) is 1.64. The van der Waals surface area contributed by atoms with Crippen LogP contribution in [0.2, 0.25) is 0 Å². The number of amides is 1. The Labute approximate surface area is 120 Å². The third-order valence-electron chi connectivity index (χ3n) is 2.72. The van der Waals surface area contributed by atoms with Crippen LogP contribution in [0.4, 0.5) is 0 Å². The first-order chi connectivity index (χ1) is 9.67. The Morgan fingerprint density at radius 1 is 1.45 bits per heavy atom. The number of nitrogens with zero attached hydrogens (tertiary/aromatic N) is 2. The molecule has 1 aromatic carbocycles. The van der Waals surface area contributed by atoms with Gasteiger partial charge < -0.3 is 10.1 Å². The lowest BCUT2D eigenvalue weighted by atomic mass is 10.2. The summed E-state index contributed by atoms with van der Waals surface area (Å²) < 4.78 is 5.57. The van der Waals surface area contributed by atoms with E-state index in [4.69, 9.17) is 10.00 Å². The molecule has 0 spiro atoms. The summed E-state index contributed by atoms with van der Waals surface area (Å²) in [6, 6.07) is 9.21. The Balaban J connectivity index is 2.30. The van der Waals surface area contributed by atoms with Crippen LogP contribution >= 0.6 is 0 Å². The van der Waals surface area contributed by atoms with E-state index in [-0.39, 0.29) is 5.91 Å². The number of benzene rings is 1. The lowest BCUT2D eigenvalue weighted by Gasteiger charge is -2.16. The summed E-state index contributed by atoms with van der Waals surface area (Å²) in [6.45, 7) is 4.14. The zero-order valence-corrected chi connectivity index (χ0v) is 12.1. The molecule has 0 atom stereocenters. The molecule has 0 aliphatic rings. The van der Waals surface area contributed by atoms with Gasteiger partial charge in [0.1, 0.15) is 18.4 Å². The molecule has 0 saturated heterocycles. The molecule has 1 aromatic rings. The number of nitrogens with one attached hydrogen (secondary N) is 1. The summed E-state index contributed by atoms with van der Waals surface area (Å²) in [6.07, 6.45) is 0.934. The molecule has 0 saturated carbocycles. The van der Waals surface area contributed by atoms with Crippen molar-refractivity contribution in [3.8, 4) is 11.8 Å². The van der Waals surface area contributed by atoms with Crippen LogP contribution in [-0.2, 0) is 4.79 Å². The molecule has 5 heteroatoms. The Hall–Kier alpha value is -2.06. The van der Waals surface area contributed by atoms with Gasteiger partial charge in [0.25, 0.3) is 0 Å². The van der Waals surface area contributed by atoms with Gasteiger partial charge >= 0.3 is 0 Å². The normalized spacial score (nSPS) is 10.1. The Kier molecular flexibility index (Phi) is 7.15. The van der Waals surface area contributed by atoms with Crippen molar-refractivity contribution in [2.75, 3.05) is 33.3 Å². The Morgan fingerprint density at radius 3 is 2.90 bits per heavy atom. The first-order valence-corrected chi connectivity index (χ1v) is 6.74. The number of hydrogen-bond acceptors (Lipinski definition) is 4. The highest BCUT2D eigenvalue weighted by molar-refractivity contribution is 5.77. The quantitative estimate of drug-likeness (QED) is 0.778. The topological polar surface area (TPSA) is 65.4 Å². The van der Waals surface area contributed by atoms with Crippen molar-refractivity contribution >= 4 is 5.91 Å². The number of likely N-dealkylation sites (N-methyl/N-ethyl adjacent to an activating group) is 1. The molecule has 20 heavy (non-hydrogen) atoms. The van der Waals surface area contributed by atoms with Gasteiger partial charge in [-0.2, -0.15) is 5.26 Å². The van der Waals surface area contributed by atoms with E-state index in [0.29, 0.717) is 37.6 Å². The van der Waals surface area contributed by atoms with Crippen LogP contribution in [0.15, 0.2) is 24.3 Å². The zero-order valence-electron chi connectivity index (χ0n) is 12.1. The van der Waals surface area contributed by atoms with Crippen molar-refractivity contribution in [2.24, 2.45) is 0 Å². The number of hydrogen-bond donors (Lipinski definition) is 1. The fourth-order valence-electron chi connectivity index (χ4n) is 1.64. The highest BCUT2D eigenvalue weighted by atomic mass is 16.5. The van der Waals surface area contributed by atoms with Crippen molar-refractivity contribution in [2.45, 2.75) is 13.3 Å². The molecule has 0 bridgehead atoms. The molecule has 1 rings (SSSR count). The van der Waals surface area contributed by atoms with Gasteiger partial charge in [0.2, 0.25) is 5.91 Å². The summed E-state index contributed by atoms with van der Waals surface area (Å²) in [7, 11) is 1.87. The van der Waals surface area contributed by atoms with Gasteiger partial charge in [-0.25, -0.2) is 0 Å². The molecule has 0 heterocycles. The molecular formula is C15H21N3O2. The van der Waals surface area contributed by atoms with Crippen LogP contribution in [0, 0.1) is 11.3 Å². The number of carbonyl (C=O) groups excluding carboxylic acids is 1. The smallest absolute Gasteiger partial charge is 0.234 e. The maximum Gasteiger partial charge on any atom is 0.234 e. The van der Waals surface area contributed by atoms with Crippen LogP contribution in [0.25, 0.3) is 0 Å². The van der Waals surface area contributed by atoms with E-state index in [0.717, 1.165) is 6.42 Å². The molecular weight excluding hydrogens is 254 g/mol. The maximum absolute atomic E-state index is 11.5. The van der Waals surface area contributed by atoms with Gasteiger partial charge in [-0.3, -0.25) is 9.69 Å². The van der Waals surface area contributed by atoms with E-state index in [1.165, 1.54) is 0 Å². The van der Waals surface area contributed by atoms with Gasteiger partial charge in [-0.1, -0.05) is 19.1 Å². The predicted octanol–water partition coefficient (Wildman–Crippen LogP) is 1.40. The minimum Gasteiger partial charge on any atom is -0.491 e. The summed E-state index contributed by atoms with van der Waals surface area (Å²) in [5, 5.41) is 11.8. The maximum atomic E-state index is 11.5. The van der Waals surface area contributed by atoms with Crippen LogP contribution in [0.5, 0.6) is 5.75 Å². The third-order valence-corrected chi connectivity index (χ3v) is 2.72. The Morgan fingerprint density at radius 2 is 2.20 bits per heavy atom. The molecule has 0 unspecified atom stereocenters. The van der Waals surface area contributed by atoms with Crippen LogP contribution < -0.4 is 10.1 Å². The minimum atomic E-state index is 0.0202. The van der Waals surface area contributed by atoms with Crippen molar-refractivity contribution in [1.82, 2.24) is 10.2 Å². The number of nitriles is 1. The van der Waals surface area contributed by atoms with Crippen LogP contribution in [-0.4, -0.2) is 44.1 Å². The summed E-state index contributed by atoms with van der Waals surface area (Å²) in [5.74, 6) is 0.602. The molecule has 108 valence electrons. The molecule has 0 aromatic heterocycles. The molecule has 0 aliphatic heterocycles. The molecule has 0 aliphatic carbocycles. The summed E-state index contributed by atoms with van der Waals surface area (Å²) in [4.78, 5) is 13.4. The second-order valence-electron chi connectivity index (χ2n) is 4.54. The predicted molar refractivity (Wildman–Crippen MR) is 77.4 cm³/mol. The van der Waals surface area contributed by atoms with Gasteiger partial charge in [0, 0.05) is 13.1 Å². The van der Waals surface area contributed by atoms with Gasteiger partial charge in [-0.05, 0) is 25.6 Å². The van der Waals surface area contributed by atoms with E-state index in [9.17, 15) is 4.79 Å². The molecule has 1 amide bonds. The number of carbonyl (C=O) groups is 1. The molecule has 0 radical (unpaired) electrons. The van der Waals surface area contributed by atoms with E-state index in [2.05, 4.69) is 11.4 Å². The number of ether oxygens (including phenoxy) is 1. The fraction of sp³-hybridized carbons (Fsp3) is 0.467. The second kappa shape index (κ2) is 8.94. The van der Waals surface area contributed by atoms with Crippen LogP contribution in [0.3, 0.4) is 0 Å². The van der Waals surface area contributed by atoms with Crippen molar-refractivity contribution in [3.63, 3.8) is 0 Å². The van der Waals surface area contributed by atoms with E-state index in [1.54, 1.807) is 18.2 Å². The average molecular weight is 275 g/mol. The monoisotopic (exact) mass is 275 g/mol.